The summed E-state index contributed by atoms with van der Waals surface area (Å²) in [5.41, 5.74) is 0. The maximum atomic E-state index is 13.8. The summed E-state index contributed by atoms with van der Waals surface area (Å²) >= 11 is 0. The number of hydrogen-bond acceptors (Lipinski definition) is 3. The first-order chi connectivity index (χ1) is 11.6. The van der Waals surface area contributed by atoms with Crippen LogP contribution in [0, 0.1) is 23.5 Å². The van der Waals surface area contributed by atoms with Crippen molar-refractivity contribution < 1.29 is 22.0 Å². The Morgan fingerprint density at radius 2 is 1.80 bits per heavy atom. The molecule has 2 rings (SSSR count). The van der Waals surface area contributed by atoms with Crippen molar-refractivity contribution in [2.24, 2.45) is 11.8 Å². The van der Waals surface area contributed by atoms with Crippen molar-refractivity contribution in [3.8, 4) is 0 Å². The van der Waals surface area contributed by atoms with Crippen LogP contribution in [0.2, 0.25) is 0 Å². The number of piperidine rings is 1. The number of carbonyl (C=O) groups is 1. The monoisotopic (exact) mass is 374 g/mol. The van der Waals surface area contributed by atoms with Gasteiger partial charge in [-0.25, -0.2) is 17.2 Å². The lowest BCUT2D eigenvalue weighted by atomic mass is 9.96. The third-order valence-corrected chi connectivity index (χ3v) is 6.64. The Bertz CT molecular complexity index is 729. The van der Waals surface area contributed by atoms with Gasteiger partial charge in [-0.05, 0) is 37.8 Å². The van der Waals surface area contributed by atoms with Gasteiger partial charge >= 0.3 is 0 Å². The van der Waals surface area contributed by atoms with E-state index in [9.17, 15) is 22.0 Å². The molecule has 1 unspecified atom stereocenters. The molecule has 1 saturated heterocycles. The van der Waals surface area contributed by atoms with Crippen LogP contribution in [0.1, 0.15) is 33.6 Å². The molecule has 1 heterocycles. The molecule has 1 fully saturated rings. The topological polar surface area (TPSA) is 66.5 Å². The molecule has 1 amide bonds. The molecule has 0 saturated carbocycles. The Kier molecular flexibility index (Phi) is 6.16. The number of halogens is 2. The zero-order valence-electron chi connectivity index (χ0n) is 14.6. The van der Waals surface area contributed by atoms with Gasteiger partial charge < -0.3 is 5.32 Å². The number of sulfonamides is 1. The molecule has 1 N–H and O–H groups in total. The van der Waals surface area contributed by atoms with Crippen LogP contribution in [0.15, 0.2) is 23.1 Å². The molecule has 0 bridgehead atoms. The van der Waals surface area contributed by atoms with Crippen LogP contribution in [0.5, 0.6) is 0 Å². The van der Waals surface area contributed by atoms with E-state index in [1.165, 1.54) is 0 Å². The molecular formula is C17H24F2N2O3S. The SMILES string of the molecule is CC(C)C(C)NC(=O)C1CCN(S(=O)(=O)c2ccc(F)cc2F)CC1. The molecule has 5 nitrogen and oxygen atoms in total. The fourth-order valence-corrected chi connectivity index (χ4v) is 4.21. The molecule has 1 aromatic carbocycles. The molecule has 1 aromatic rings. The van der Waals surface area contributed by atoms with Gasteiger partial charge in [0.25, 0.3) is 0 Å². The molecule has 1 atom stereocenters. The van der Waals surface area contributed by atoms with Gasteiger partial charge in [-0.1, -0.05) is 13.8 Å². The molecule has 1 aliphatic rings. The average molecular weight is 374 g/mol. The quantitative estimate of drug-likeness (QED) is 0.861. The normalized spacial score (nSPS) is 18.3. The second kappa shape index (κ2) is 7.78. The summed E-state index contributed by atoms with van der Waals surface area (Å²) in [6.07, 6.45) is 0.747. The van der Waals surface area contributed by atoms with E-state index in [1.54, 1.807) is 0 Å². The van der Waals surface area contributed by atoms with Crippen LogP contribution in [-0.2, 0) is 14.8 Å². The number of benzene rings is 1. The lowest BCUT2D eigenvalue weighted by Crippen LogP contribution is -2.45. The van der Waals surface area contributed by atoms with Gasteiger partial charge in [-0.3, -0.25) is 4.79 Å². The number of hydrogen-bond donors (Lipinski definition) is 1. The predicted molar refractivity (Wildman–Crippen MR) is 90.3 cm³/mol. The second-order valence-electron chi connectivity index (χ2n) is 6.79. The van der Waals surface area contributed by atoms with E-state index in [1.807, 2.05) is 20.8 Å². The predicted octanol–water partition coefficient (Wildman–Crippen LogP) is 2.53. The third-order valence-electron chi connectivity index (χ3n) is 4.71. The number of amides is 1. The summed E-state index contributed by atoms with van der Waals surface area (Å²) < 4.78 is 53.0. The fraction of sp³-hybridized carbons (Fsp3) is 0.588. The summed E-state index contributed by atoms with van der Waals surface area (Å²) in [5.74, 6) is -1.96. The van der Waals surface area contributed by atoms with Crippen molar-refractivity contribution in [3.63, 3.8) is 0 Å². The highest BCUT2D eigenvalue weighted by molar-refractivity contribution is 7.89. The van der Waals surface area contributed by atoms with Gasteiger partial charge in [0.1, 0.15) is 16.5 Å². The average Bonchev–Trinajstić information content (AvgIpc) is 2.54. The Morgan fingerprint density at radius 1 is 1.20 bits per heavy atom. The van der Waals surface area contributed by atoms with Crippen LogP contribution < -0.4 is 5.32 Å². The number of rotatable bonds is 5. The molecular weight excluding hydrogens is 350 g/mol. The number of nitrogens with zero attached hydrogens (tertiary/aromatic N) is 1. The molecule has 140 valence electrons. The van der Waals surface area contributed by atoms with Crippen molar-refractivity contribution in [1.29, 1.82) is 0 Å². The molecule has 0 radical (unpaired) electrons. The van der Waals surface area contributed by atoms with Crippen LogP contribution in [0.25, 0.3) is 0 Å². The highest BCUT2D eigenvalue weighted by Crippen LogP contribution is 2.26. The van der Waals surface area contributed by atoms with E-state index in [-0.39, 0.29) is 31.0 Å². The van der Waals surface area contributed by atoms with Crippen LogP contribution in [0.4, 0.5) is 8.78 Å². The molecule has 0 spiro atoms. The largest absolute Gasteiger partial charge is 0.353 e. The Hall–Kier alpha value is -1.54. The standard InChI is InChI=1S/C17H24F2N2O3S/c1-11(2)12(3)20-17(22)13-6-8-21(9-7-13)25(23,24)16-5-4-14(18)10-15(16)19/h4-5,10-13H,6-9H2,1-3H3,(H,20,22). The van der Waals surface area contributed by atoms with E-state index in [0.717, 1.165) is 16.4 Å². The number of carbonyl (C=O) groups excluding carboxylic acids is 1. The highest BCUT2D eigenvalue weighted by Gasteiger charge is 2.34. The van der Waals surface area contributed by atoms with Gasteiger partial charge in [0, 0.05) is 31.1 Å². The maximum absolute atomic E-state index is 13.8. The van der Waals surface area contributed by atoms with E-state index < -0.39 is 26.6 Å². The lowest BCUT2D eigenvalue weighted by Gasteiger charge is -2.31. The summed E-state index contributed by atoms with van der Waals surface area (Å²) in [4.78, 5) is 11.7. The van der Waals surface area contributed by atoms with Crippen LogP contribution in [0.3, 0.4) is 0 Å². The molecule has 0 aliphatic carbocycles. The van der Waals surface area contributed by atoms with Crippen LogP contribution in [-0.4, -0.2) is 37.8 Å². The third kappa shape index (κ3) is 4.55. The minimum atomic E-state index is -4.04. The van der Waals surface area contributed by atoms with Crippen molar-refractivity contribution in [1.82, 2.24) is 9.62 Å². The van der Waals surface area contributed by atoms with E-state index >= 15 is 0 Å². The first-order valence-corrected chi connectivity index (χ1v) is 9.82. The Balaban J connectivity index is 2.02. The molecule has 1 aliphatic heterocycles. The summed E-state index contributed by atoms with van der Waals surface area (Å²) in [6.45, 7) is 6.22. The first-order valence-electron chi connectivity index (χ1n) is 8.38. The van der Waals surface area contributed by atoms with Gasteiger partial charge in [0.2, 0.25) is 15.9 Å². The molecule has 0 aromatic heterocycles. The molecule has 25 heavy (non-hydrogen) atoms. The van der Waals surface area contributed by atoms with Gasteiger partial charge in [0.15, 0.2) is 0 Å². The summed E-state index contributed by atoms with van der Waals surface area (Å²) in [7, 11) is -4.04. The van der Waals surface area contributed by atoms with Crippen molar-refractivity contribution >= 4 is 15.9 Å². The van der Waals surface area contributed by atoms with E-state index in [2.05, 4.69) is 5.32 Å². The zero-order chi connectivity index (χ0) is 18.8. The van der Waals surface area contributed by atoms with Crippen molar-refractivity contribution in [2.45, 2.75) is 44.6 Å². The van der Waals surface area contributed by atoms with Gasteiger partial charge in [0.05, 0.1) is 0 Å². The first kappa shape index (κ1) is 19.8. The van der Waals surface area contributed by atoms with Crippen molar-refractivity contribution in [3.05, 3.63) is 29.8 Å². The summed E-state index contributed by atoms with van der Waals surface area (Å²) in [5, 5.41) is 2.94. The minimum Gasteiger partial charge on any atom is -0.353 e. The fourth-order valence-electron chi connectivity index (χ4n) is 2.69. The van der Waals surface area contributed by atoms with E-state index in [4.69, 9.17) is 0 Å². The second-order valence-corrected chi connectivity index (χ2v) is 8.70. The lowest BCUT2D eigenvalue weighted by molar-refractivity contribution is -0.127. The summed E-state index contributed by atoms with van der Waals surface area (Å²) in [6, 6.07) is 2.45. The van der Waals surface area contributed by atoms with Gasteiger partial charge in [-0.15, -0.1) is 0 Å². The Morgan fingerprint density at radius 3 is 2.32 bits per heavy atom. The Labute approximate surface area is 147 Å². The highest BCUT2D eigenvalue weighted by atomic mass is 32.2. The zero-order valence-corrected chi connectivity index (χ0v) is 15.4. The van der Waals surface area contributed by atoms with E-state index in [0.29, 0.717) is 24.8 Å². The maximum Gasteiger partial charge on any atom is 0.245 e. The minimum absolute atomic E-state index is 0.0440. The van der Waals surface area contributed by atoms with Crippen molar-refractivity contribution in [2.75, 3.05) is 13.1 Å². The number of nitrogens with one attached hydrogen (secondary N) is 1. The smallest absolute Gasteiger partial charge is 0.245 e. The van der Waals surface area contributed by atoms with Crippen LogP contribution >= 0.6 is 0 Å². The van der Waals surface area contributed by atoms with Gasteiger partial charge in [-0.2, -0.15) is 4.31 Å². The molecule has 8 heteroatoms.